The van der Waals surface area contributed by atoms with Crippen molar-refractivity contribution >= 4 is 28.9 Å². The summed E-state index contributed by atoms with van der Waals surface area (Å²) in [5.74, 6) is 0.538. The Kier molecular flexibility index (Phi) is 4.52. The molecule has 0 aromatic heterocycles. The second-order valence-electron chi connectivity index (χ2n) is 4.88. The van der Waals surface area contributed by atoms with Crippen LogP contribution in [0.15, 0.2) is 36.4 Å². The van der Waals surface area contributed by atoms with Gasteiger partial charge in [0.05, 0.1) is 17.3 Å². The van der Waals surface area contributed by atoms with E-state index in [9.17, 15) is 9.18 Å². The third-order valence-corrected chi connectivity index (χ3v) is 3.51. The summed E-state index contributed by atoms with van der Waals surface area (Å²) in [5.41, 5.74) is 1.09. The van der Waals surface area contributed by atoms with E-state index in [1.54, 1.807) is 12.1 Å². The predicted molar refractivity (Wildman–Crippen MR) is 86.0 cm³/mol. The molecule has 0 unspecified atom stereocenters. The number of rotatable bonds is 4. The summed E-state index contributed by atoms with van der Waals surface area (Å²) in [4.78, 5) is 11.9. The molecule has 0 atom stereocenters. The van der Waals surface area contributed by atoms with Crippen molar-refractivity contribution in [2.75, 3.05) is 30.4 Å². The van der Waals surface area contributed by atoms with Gasteiger partial charge in [0.15, 0.2) is 11.5 Å². The molecule has 3 rings (SSSR count). The molecule has 5 nitrogen and oxygen atoms in total. The molecule has 0 radical (unpaired) electrons. The van der Waals surface area contributed by atoms with Gasteiger partial charge in [0.1, 0.15) is 19.0 Å². The highest BCUT2D eigenvalue weighted by Gasteiger charge is 2.15. The molecule has 0 fully saturated rings. The molecule has 23 heavy (non-hydrogen) atoms. The van der Waals surface area contributed by atoms with Crippen molar-refractivity contribution in [2.45, 2.75) is 0 Å². The highest BCUT2D eigenvalue weighted by molar-refractivity contribution is 6.33. The lowest BCUT2D eigenvalue weighted by atomic mass is 10.2. The van der Waals surface area contributed by atoms with Crippen LogP contribution >= 0.6 is 11.6 Å². The molecule has 0 saturated heterocycles. The topological polar surface area (TPSA) is 59.6 Å². The second-order valence-corrected chi connectivity index (χ2v) is 5.29. The Morgan fingerprint density at radius 2 is 1.78 bits per heavy atom. The van der Waals surface area contributed by atoms with Crippen molar-refractivity contribution in [1.82, 2.24) is 0 Å². The van der Waals surface area contributed by atoms with Crippen molar-refractivity contribution in [3.63, 3.8) is 0 Å². The minimum absolute atomic E-state index is 0.0107. The molecule has 2 aromatic rings. The van der Waals surface area contributed by atoms with Crippen molar-refractivity contribution in [1.29, 1.82) is 0 Å². The first kappa shape index (κ1) is 15.4. The lowest BCUT2D eigenvalue weighted by Gasteiger charge is -2.20. The molecule has 1 aliphatic heterocycles. The van der Waals surface area contributed by atoms with Crippen LogP contribution in [-0.4, -0.2) is 25.7 Å². The maximum atomic E-state index is 12.8. The van der Waals surface area contributed by atoms with Crippen LogP contribution in [0.5, 0.6) is 11.5 Å². The number of hydrogen-bond acceptors (Lipinski definition) is 4. The SMILES string of the molecule is O=C(CNc1cc2c(cc1Cl)OCCO2)Nc1ccc(F)cc1. The van der Waals surface area contributed by atoms with Crippen molar-refractivity contribution in [3.8, 4) is 11.5 Å². The summed E-state index contributed by atoms with van der Waals surface area (Å²) in [6.07, 6.45) is 0. The molecule has 0 aliphatic carbocycles. The number of fused-ring (bicyclic) bond motifs is 1. The van der Waals surface area contributed by atoms with Crippen molar-refractivity contribution < 1.29 is 18.7 Å². The van der Waals surface area contributed by atoms with Crippen LogP contribution in [0, 0.1) is 5.82 Å². The van der Waals surface area contributed by atoms with E-state index in [0.717, 1.165) is 0 Å². The van der Waals surface area contributed by atoms with Gasteiger partial charge in [-0.25, -0.2) is 4.39 Å². The number of amides is 1. The molecule has 1 amide bonds. The first-order chi connectivity index (χ1) is 11.1. The largest absolute Gasteiger partial charge is 0.486 e. The molecule has 0 saturated carbocycles. The van der Waals surface area contributed by atoms with E-state index in [1.807, 2.05) is 0 Å². The summed E-state index contributed by atoms with van der Waals surface area (Å²) in [5, 5.41) is 6.03. The first-order valence-electron chi connectivity index (χ1n) is 7.00. The zero-order valence-corrected chi connectivity index (χ0v) is 12.8. The van der Waals surface area contributed by atoms with Gasteiger partial charge in [-0.15, -0.1) is 0 Å². The van der Waals surface area contributed by atoms with Crippen molar-refractivity contribution in [2.24, 2.45) is 0 Å². The Bertz CT molecular complexity index is 722. The zero-order valence-electron chi connectivity index (χ0n) is 12.1. The van der Waals surface area contributed by atoms with Crippen LogP contribution in [-0.2, 0) is 4.79 Å². The monoisotopic (exact) mass is 336 g/mol. The van der Waals surface area contributed by atoms with Crippen LogP contribution in [0.25, 0.3) is 0 Å². The Morgan fingerprint density at radius 3 is 2.48 bits per heavy atom. The Balaban J connectivity index is 1.61. The smallest absolute Gasteiger partial charge is 0.243 e. The van der Waals surface area contributed by atoms with Gasteiger partial charge in [-0.3, -0.25) is 4.79 Å². The van der Waals surface area contributed by atoms with E-state index in [1.165, 1.54) is 24.3 Å². The summed E-state index contributed by atoms with van der Waals surface area (Å²) >= 11 is 6.15. The fourth-order valence-electron chi connectivity index (χ4n) is 2.11. The summed E-state index contributed by atoms with van der Waals surface area (Å²) in [6, 6.07) is 8.88. The van der Waals surface area contributed by atoms with Gasteiger partial charge in [-0.05, 0) is 24.3 Å². The summed E-state index contributed by atoms with van der Waals surface area (Å²) in [6.45, 7) is 0.964. The van der Waals surface area contributed by atoms with Crippen LogP contribution in [0.1, 0.15) is 0 Å². The van der Waals surface area contributed by atoms with Crippen LogP contribution in [0.3, 0.4) is 0 Å². The molecule has 7 heteroatoms. The van der Waals surface area contributed by atoms with Gasteiger partial charge in [0.2, 0.25) is 5.91 Å². The molecular formula is C16H14ClFN2O3. The minimum atomic E-state index is -0.357. The van der Waals surface area contributed by atoms with Gasteiger partial charge in [0, 0.05) is 17.8 Å². The maximum absolute atomic E-state index is 12.8. The molecule has 2 N–H and O–H groups in total. The van der Waals surface area contributed by atoms with E-state index in [-0.39, 0.29) is 18.3 Å². The van der Waals surface area contributed by atoms with Crippen LogP contribution in [0.2, 0.25) is 5.02 Å². The number of benzene rings is 2. The number of nitrogens with one attached hydrogen (secondary N) is 2. The van der Waals surface area contributed by atoms with E-state index in [0.29, 0.717) is 41.1 Å². The lowest BCUT2D eigenvalue weighted by Crippen LogP contribution is -2.22. The van der Waals surface area contributed by atoms with E-state index < -0.39 is 0 Å². The van der Waals surface area contributed by atoms with Gasteiger partial charge in [-0.2, -0.15) is 0 Å². The summed E-state index contributed by atoms with van der Waals surface area (Å²) in [7, 11) is 0. The van der Waals surface area contributed by atoms with E-state index in [2.05, 4.69) is 10.6 Å². The fraction of sp³-hybridized carbons (Fsp3) is 0.188. The highest BCUT2D eigenvalue weighted by Crippen LogP contribution is 2.37. The average Bonchev–Trinajstić information content (AvgIpc) is 2.55. The highest BCUT2D eigenvalue weighted by atomic mass is 35.5. The zero-order chi connectivity index (χ0) is 16.2. The quantitative estimate of drug-likeness (QED) is 0.899. The molecule has 1 aliphatic rings. The molecule has 0 bridgehead atoms. The van der Waals surface area contributed by atoms with E-state index in [4.69, 9.17) is 21.1 Å². The average molecular weight is 337 g/mol. The molecule has 0 spiro atoms. The number of hydrogen-bond donors (Lipinski definition) is 2. The Morgan fingerprint density at radius 1 is 1.13 bits per heavy atom. The Labute approximate surface area is 137 Å². The van der Waals surface area contributed by atoms with Crippen LogP contribution < -0.4 is 20.1 Å². The first-order valence-corrected chi connectivity index (χ1v) is 7.38. The third kappa shape index (κ3) is 3.84. The Hall–Kier alpha value is -2.47. The minimum Gasteiger partial charge on any atom is -0.486 e. The van der Waals surface area contributed by atoms with Crippen LogP contribution in [0.4, 0.5) is 15.8 Å². The van der Waals surface area contributed by atoms with Crippen molar-refractivity contribution in [3.05, 3.63) is 47.2 Å². The lowest BCUT2D eigenvalue weighted by molar-refractivity contribution is -0.114. The van der Waals surface area contributed by atoms with Gasteiger partial charge >= 0.3 is 0 Å². The molecule has 1 heterocycles. The number of carbonyl (C=O) groups is 1. The summed E-state index contributed by atoms with van der Waals surface area (Å²) < 4.78 is 23.7. The van der Waals surface area contributed by atoms with E-state index >= 15 is 0 Å². The number of carbonyl (C=O) groups excluding carboxylic acids is 1. The fourth-order valence-corrected chi connectivity index (χ4v) is 2.33. The van der Waals surface area contributed by atoms with Gasteiger partial charge < -0.3 is 20.1 Å². The number of ether oxygens (including phenoxy) is 2. The number of anilines is 2. The number of halogens is 2. The molecule has 120 valence electrons. The predicted octanol–water partition coefficient (Wildman–Crippen LogP) is 3.30. The van der Waals surface area contributed by atoms with Gasteiger partial charge in [-0.1, -0.05) is 11.6 Å². The normalized spacial score (nSPS) is 12.6. The standard InChI is InChI=1S/C16H14ClFN2O3/c17-12-7-14-15(23-6-5-22-14)8-13(12)19-9-16(21)20-11-3-1-10(18)2-4-11/h1-4,7-8,19H,5-6,9H2,(H,20,21). The molecular weight excluding hydrogens is 323 g/mol. The third-order valence-electron chi connectivity index (χ3n) is 3.20. The maximum Gasteiger partial charge on any atom is 0.243 e. The molecule has 2 aromatic carbocycles. The van der Waals surface area contributed by atoms with Gasteiger partial charge in [0.25, 0.3) is 0 Å². The second kappa shape index (κ2) is 6.75.